The van der Waals surface area contributed by atoms with E-state index >= 15 is 0 Å². The Bertz CT molecular complexity index is 1330. The SMILES string of the molecule is CNCCOc1cc(NC(=O)Cc2ccc(-c3ccc(-c4noc(C)n4)cc3C)cc2)ccc1OC. The summed E-state index contributed by atoms with van der Waals surface area (Å²) in [5.74, 6) is 2.22. The summed E-state index contributed by atoms with van der Waals surface area (Å²) in [5.41, 5.74) is 5.78. The Morgan fingerprint density at radius 1 is 0.972 bits per heavy atom. The highest BCUT2D eigenvalue weighted by Crippen LogP contribution is 2.31. The number of aryl methyl sites for hydroxylation is 2. The normalized spacial score (nSPS) is 10.8. The Labute approximate surface area is 210 Å². The molecule has 8 heteroatoms. The molecule has 0 unspecified atom stereocenters. The molecule has 0 atom stereocenters. The van der Waals surface area contributed by atoms with E-state index in [1.165, 1.54) is 0 Å². The summed E-state index contributed by atoms with van der Waals surface area (Å²) in [7, 11) is 3.45. The van der Waals surface area contributed by atoms with Crippen LogP contribution in [0, 0.1) is 13.8 Å². The maximum Gasteiger partial charge on any atom is 0.228 e. The summed E-state index contributed by atoms with van der Waals surface area (Å²) < 4.78 is 16.2. The molecule has 0 saturated heterocycles. The molecule has 0 aliphatic carbocycles. The number of rotatable bonds is 10. The third-order valence-corrected chi connectivity index (χ3v) is 5.70. The quantitative estimate of drug-likeness (QED) is 0.311. The number of likely N-dealkylation sites (N-methyl/N-ethyl adjacent to an activating group) is 1. The Kier molecular flexibility index (Phi) is 7.97. The summed E-state index contributed by atoms with van der Waals surface area (Å²) in [4.78, 5) is 17.0. The summed E-state index contributed by atoms with van der Waals surface area (Å²) in [6.45, 7) is 5.03. The highest BCUT2D eigenvalue weighted by molar-refractivity contribution is 5.92. The first-order valence-electron chi connectivity index (χ1n) is 11.7. The van der Waals surface area contributed by atoms with Crippen molar-refractivity contribution >= 4 is 11.6 Å². The minimum absolute atomic E-state index is 0.106. The topological polar surface area (TPSA) is 98.5 Å². The standard InChI is InChI=1S/C28H30N4O4/c1-18-15-22(28-30-19(2)36-32-28)9-11-24(18)21-7-5-20(6-8-21)16-27(33)31-23-10-12-25(34-4)26(17-23)35-14-13-29-3/h5-12,15,17,29H,13-14,16H2,1-4H3,(H,31,33). The molecule has 0 aliphatic heterocycles. The minimum atomic E-state index is -0.106. The molecule has 1 aromatic heterocycles. The van der Waals surface area contributed by atoms with E-state index in [1.54, 1.807) is 32.2 Å². The first-order valence-corrected chi connectivity index (χ1v) is 11.7. The molecule has 0 fully saturated rings. The Morgan fingerprint density at radius 2 is 1.75 bits per heavy atom. The number of amides is 1. The van der Waals surface area contributed by atoms with E-state index in [9.17, 15) is 4.79 Å². The zero-order valence-corrected chi connectivity index (χ0v) is 20.9. The maximum absolute atomic E-state index is 12.7. The van der Waals surface area contributed by atoms with Crippen molar-refractivity contribution in [2.24, 2.45) is 0 Å². The molecule has 0 spiro atoms. The lowest BCUT2D eigenvalue weighted by molar-refractivity contribution is -0.115. The van der Waals surface area contributed by atoms with Crippen LogP contribution in [-0.2, 0) is 11.2 Å². The lowest BCUT2D eigenvalue weighted by Gasteiger charge is -2.13. The molecule has 0 saturated carbocycles. The lowest BCUT2D eigenvalue weighted by atomic mass is 9.97. The predicted molar refractivity (Wildman–Crippen MR) is 139 cm³/mol. The Hall–Kier alpha value is -4.17. The van der Waals surface area contributed by atoms with E-state index in [0.717, 1.165) is 27.8 Å². The number of benzene rings is 3. The first-order chi connectivity index (χ1) is 17.5. The number of hydrogen-bond acceptors (Lipinski definition) is 7. The zero-order chi connectivity index (χ0) is 25.5. The van der Waals surface area contributed by atoms with Crippen molar-refractivity contribution in [3.63, 3.8) is 0 Å². The fraction of sp³-hybridized carbons (Fsp3) is 0.250. The largest absolute Gasteiger partial charge is 0.493 e. The molecule has 4 rings (SSSR count). The van der Waals surface area contributed by atoms with Gasteiger partial charge in [0.15, 0.2) is 11.5 Å². The molecule has 0 aliphatic rings. The van der Waals surface area contributed by atoms with Crippen molar-refractivity contribution in [1.29, 1.82) is 0 Å². The predicted octanol–water partition coefficient (Wildman–Crippen LogP) is 4.81. The summed E-state index contributed by atoms with van der Waals surface area (Å²) in [6, 6.07) is 19.5. The van der Waals surface area contributed by atoms with Gasteiger partial charge in [0.2, 0.25) is 17.6 Å². The van der Waals surface area contributed by atoms with Gasteiger partial charge in [-0.3, -0.25) is 4.79 Å². The van der Waals surface area contributed by atoms with Gasteiger partial charge in [-0.05, 0) is 54.4 Å². The Morgan fingerprint density at radius 3 is 2.42 bits per heavy atom. The fourth-order valence-electron chi connectivity index (χ4n) is 3.87. The van der Waals surface area contributed by atoms with Gasteiger partial charge >= 0.3 is 0 Å². The third kappa shape index (κ3) is 6.09. The zero-order valence-electron chi connectivity index (χ0n) is 20.9. The second kappa shape index (κ2) is 11.5. The van der Waals surface area contributed by atoms with Gasteiger partial charge in [0, 0.05) is 30.8 Å². The molecule has 0 radical (unpaired) electrons. The summed E-state index contributed by atoms with van der Waals surface area (Å²) in [5, 5.41) is 9.96. The van der Waals surface area contributed by atoms with E-state index in [2.05, 4.69) is 33.8 Å². The van der Waals surface area contributed by atoms with E-state index in [-0.39, 0.29) is 12.3 Å². The van der Waals surface area contributed by atoms with Crippen LogP contribution >= 0.6 is 0 Å². The van der Waals surface area contributed by atoms with Crippen molar-refractivity contribution in [3.8, 4) is 34.0 Å². The molecular formula is C28H30N4O4. The van der Waals surface area contributed by atoms with Gasteiger partial charge < -0.3 is 24.6 Å². The van der Waals surface area contributed by atoms with Crippen LogP contribution in [0.15, 0.2) is 65.2 Å². The molecule has 0 bridgehead atoms. The van der Waals surface area contributed by atoms with Crippen LogP contribution in [0.3, 0.4) is 0 Å². The van der Waals surface area contributed by atoms with Gasteiger partial charge in [-0.2, -0.15) is 4.98 Å². The van der Waals surface area contributed by atoms with Crippen molar-refractivity contribution in [3.05, 3.63) is 77.7 Å². The van der Waals surface area contributed by atoms with E-state index in [1.807, 2.05) is 43.4 Å². The first kappa shape index (κ1) is 24.9. The number of carbonyl (C=O) groups excluding carboxylic acids is 1. The van der Waals surface area contributed by atoms with Crippen LogP contribution in [-0.4, -0.2) is 43.4 Å². The highest BCUT2D eigenvalue weighted by atomic mass is 16.5. The van der Waals surface area contributed by atoms with Crippen molar-refractivity contribution in [2.75, 3.05) is 32.6 Å². The number of hydrogen-bond donors (Lipinski definition) is 2. The molecule has 1 amide bonds. The number of aromatic nitrogens is 2. The molecule has 4 aromatic rings. The summed E-state index contributed by atoms with van der Waals surface area (Å²) >= 11 is 0. The highest BCUT2D eigenvalue weighted by Gasteiger charge is 2.11. The van der Waals surface area contributed by atoms with Crippen molar-refractivity contribution in [2.45, 2.75) is 20.3 Å². The molecular weight excluding hydrogens is 456 g/mol. The van der Waals surface area contributed by atoms with Gasteiger partial charge in [0.25, 0.3) is 0 Å². The fourth-order valence-corrected chi connectivity index (χ4v) is 3.87. The smallest absolute Gasteiger partial charge is 0.228 e. The van der Waals surface area contributed by atoms with Crippen LogP contribution in [0.4, 0.5) is 5.69 Å². The second-order valence-electron chi connectivity index (χ2n) is 8.41. The molecule has 3 aromatic carbocycles. The third-order valence-electron chi connectivity index (χ3n) is 5.70. The van der Waals surface area contributed by atoms with Gasteiger partial charge in [-0.15, -0.1) is 0 Å². The number of methoxy groups -OCH3 is 1. The molecule has 2 N–H and O–H groups in total. The van der Waals surface area contributed by atoms with Crippen LogP contribution in [0.2, 0.25) is 0 Å². The van der Waals surface area contributed by atoms with Crippen molar-refractivity contribution in [1.82, 2.24) is 15.5 Å². The molecule has 186 valence electrons. The van der Waals surface area contributed by atoms with Crippen LogP contribution < -0.4 is 20.1 Å². The van der Waals surface area contributed by atoms with E-state index in [4.69, 9.17) is 14.0 Å². The number of carbonyl (C=O) groups is 1. The van der Waals surface area contributed by atoms with Crippen molar-refractivity contribution < 1.29 is 18.8 Å². The number of nitrogens with zero attached hydrogens (tertiary/aromatic N) is 2. The average molecular weight is 487 g/mol. The average Bonchev–Trinajstić information content (AvgIpc) is 3.31. The van der Waals surface area contributed by atoms with Crippen LogP contribution in [0.25, 0.3) is 22.5 Å². The van der Waals surface area contributed by atoms with Gasteiger partial charge in [0.05, 0.1) is 13.5 Å². The van der Waals surface area contributed by atoms with Gasteiger partial charge in [-0.1, -0.05) is 41.6 Å². The van der Waals surface area contributed by atoms with Gasteiger partial charge in [-0.25, -0.2) is 0 Å². The van der Waals surface area contributed by atoms with E-state index < -0.39 is 0 Å². The monoisotopic (exact) mass is 486 g/mol. The molecule has 36 heavy (non-hydrogen) atoms. The number of ether oxygens (including phenoxy) is 2. The van der Waals surface area contributed by atoms with Gasteiger partial charge in [0.1, 0.15) is 6.61 Å². The number of anilines is 1. The molecule has 8 nitrogen and oxygen atoms in total. The Balaban J connectivity index is 1.40. The van der Waals surface area contributed by atoms with E-state index in [0.29, 0.717) is 42.1 Å². The number of nitrogens with one attached hydrogen (secondary N) is 2. The van der Waals surface area contributed by atoms with Crippen LogP contribution in [0.1, 0.15) is 17.0 Å². The maximum atomic E-state index is 12.7. The molecule has 1 heterocycles. The summed E-state index contributed by atoms with van der Waals surface area (Å²) in [6.07, 6.45) is 0.261. The van der Waals surface area contributed by atoms with Crippen LogP contribution in [0.5, 0.6) is 11.5 Å². The lowest BCUT2D eigenvalue weighted by Crippen LogP contribution is -2.17. The second-order valence-corrected chi connectivity index (χ2v) is 8.41. The minimum Gasteiger partial charge on any atom is -0.493 e.